The Balaban J connectivity index is 2.56. The molecule has 100 valence electrons. The van der Waals surface area contributed by atoms with Crippen LogP contribution in [0.15, 0.2) is 24.3 Å². The number of aliphatic hydroxyl groups is 1. The Morgan fingerprint density at radius 1 is 1.33 bits per heavy atom. The van der Waals surface area contributed by atoms with E-state index in [1.807, 2.05) is 31.2 Å². The number of aliphatic hydroxyl groups excluding tert-OH is 1. The lowest BCUT2D eigenvalue weighted by Gasteiger charge is -2.21. The molecule has 0 aliphatic heterocycles. The maximum atomic E-state index is 11.9. The molecule has 0 fully saturated rings. The molecular formula is C14H22N2O2. The predicted octanol–water partition coefficient (Wildman–Crippen LogP) is 1.60. The molecule has 0 spiro atoms. The first-order valence-electron chi connectivity index (χ1n) is 6.17. The van der Waals surface area contributed by atoms with Crippen LogP contribution in [-0.2, 0) is 4.79 Å². The van der Waals surface area contributed by atoms with Gasteiger partial charge >= 0.3 is 0 Å². The second kappa shape index (κ2) is 6.40. The summed E-state index contributed by atoms with van der Waals surface area (Å²) in [6, 6.07) is 7.58. The zero-order valence-electron chi connectivity index (χ0n) is 11.3. The van der Waals surface area contributed by atoms with Crippen LogP contribution in [0.4, 0.5) is 5.69 Å². The minimum absolute atomic E-state index is 0.0419. The number of rotatable bonds is 5. The van der Waals surface area contributed by atoms with Crippen LogP contribution in [0.1, 0.15) is 31.7 Å². The summed E-state index contributed by atoms with van der Waals surface area (Å²) in [5.41, 5.74) is 7.45. The number of amides is 1. The summed E-state index contributed by atoms with van der Waals surface area (Å²) in [6.45, 7) is 4.06. The number of likely N-dealkylation sites (N-methyl/N-ethyl adjacent to an activating group) is 1. The minimum atomic E-state index is -0.495. The number of hydrogen-bond donors (Lipinski definition) is 2. The molecule has 0 saturated heterocycles. The number of nitrogens with two attached hydrogens (primary N) is 1. The third kappa shape index (κ3) is 4.37. The van der Waals surface area contributed by atoms with Gasteiger partial charge in [0.1, 0.15) is 0 Å². The van der Waals surface area contributed by atoms with Crippen molar-refractivity contribution in [3.63, 3.8) is 0 Å². The first-order valence-corrected chi connectivity index (χ1v) is 6.17. The summed E-state index contributed by atoms with van der Waals surface area (Å²) >= 11 is 0. The maximum absolute atomic E-state index is 11.9. The number of hydrogen-bond acceptors (Lipinski definition) is 3. The molecule has 2 unspecified atom stereocenters. The van der Waals surface area contributed by atoms with Crippen LogP contribution in [0.25, 0.3) is 0 Å². The Kier molecular flexibility index (Phi) is 5.16. The van der Waals surface area contributed by atoms with E-state index in [1.165, 1.54) is 0 Å². The van der Waals surface area contributed by atoms with Crippen LogP contribution < -0.4 is 5.73 Å². The van der Waals surface area contributed by atoms with Gasteiger partial charge in [0.15, 0.2) is 0 Å². The second-order valence-corrected chi connectivity index (χ2v) is 4.90. The van der Waals surface area contributed by atoms with Gasteiger partial charge in [0.05, 0.1) is 6.10 Å². The van der Waals surface area contributed by atoms with E-state index in [1.54, 1.807) is 18.9 Å². The van der Waals surface area contributed by atoms with Crippen LogP contribution in [0.2, 0.25) is 0 Å². The molecule has 0 aliphatic carbocycles. The zero-order chi connectivity index (χ0) is 13.7. The van der Waals surface area contributed by atoms with Gasteiger partial charge < -0.3 is 15.7 Å². The van der Waals surface area contributed by atoms with Crippen LogP contribution in [0, 0.1) is 0 Å². The molecule has 1 amide bonds. The van der Waals surface area contributed by atoms with Crippen molar-refractivity contribution in [1.82, 2.24) is 4.90 Å². The van der Waals surface area contributed by atoms with E-state index in [-0.39, 0.29) is 11.8 Å². The molecule has 1 aromatic carbocycles. The fourth-order valence-electron chi connectivity index (χ4n) is 1.86. The smallest absolute Gasteiger partial charge is 0.223 e. The largest absolute Gasteiger partial charge is 0.399 e. The van der Waals surface area contributed by atoms with E-state index in [2.05, 4.69) is 0 Å². The van der Waals surface area contributed by atoms with Crippen LogP contribution in [0.3, 0.4) is 0 Å². The highest BCUT2D eigenvalue weighted by molar-refractivity contribution is 5.76. The summed E-state index contributed by atoms with van der Waals surface area (Å²) in [5, 5.41) is 9.25. The molecule has 18 heavy (non-hydrogen) atoms. The molecule has 2 atom stereocenters. The highest BCUT2D eigenvalue weighted by Gasteiger charge is 2.15. The molecule has 1 aromatic rings. The van der Waals surface area contributed by atoms with Gasteiger partial charge in [-0.05, 0) is 30.5 Å². The molecule has 0 aliphatic rings. The van der Waals surface area contributed by atoms with Crippen LogP contribution in [-0.4, -0.2) is 35.6 Å². The van der Waals surface area contributed by atoms with Gasteiger partial charge in [-0.1, -0.05) is 19.1 Å². The average Bonchev–Trinajstić information content (AvgIpc) is 2.28. The van der Waals surface area contributed by atoms with Crippen molar-refractivity contribution in [2.45, 2.75) is 32.3 Å². The molecule has 4 heteroatoms. The van der Waals surface area contributed by atoms with E-state index in [9.17, 15) is 9.90 Å². The average molecular weight is 250 g/mol. The highest BCUT2D eigenvalue weighted by Crippen LogP contribution is 2.20. The van der Waals surface area contributed by atoms with Crippen LogP contribution >= 0.6 is 0 Å². The van der Waals surface area contributed by atoms with Gasteiger partial charge in [0.2, 0.25) is 5.91 Å². The maximum Gasteiger partial charge on any atom is 0.223 e. The van der Waals surface area contributed by atoms with Crippen molar-refractivity contribution < 1.29 is 9.90 Å². The number of carbonyl (C=O) groups excluding carboxylic acids is 1. The van der Waals surface area contributed by atoms with E-state index in [4.69, 9.17) is 5.73 Å². The van der Waals surface area contributed by atoms with Crippen LogP contribution in [0.5, 0.6) is 0 Å². The minimum Gasteiger partial charge on any atom is -0.399 e. The standard InChI is InChI=1S/C14H22N2O2/c1-10(12-4-6-13(15)7-5-12)8-14(18)16(3)9-11(2)17/h4-7,10-11,17H,8-9,15H2,1-3H3. The summed E-state index contributed by atoms with van der Waals surface area (Å²) in [6.07, 6.45) is -0.0570. The van der Waals surface area contributed by atoms with Gasteiger partial charge in [-0.25, -0.2) is 0 Å². The molecule has 0 bridgehead atoms. The van der Waals surface area contributed by atoms with Gasteiger partial charge in [0, 0.05) is 25.7 Å². The Hall–Kier alpha value is -1.55. The zero-order valence-corrected chi connectivity index (χ0v) is 11.3. The Bertz CT molecular complexity index is 387. The van der Waals surface area contributed by atoms with E-state index in [0.717, 1.165) is 11.3 Å². The molecule has 0 radical (unpaired) electrons. The van der Waals surface area contributed by atoms with Crippen molar-refractivity contribution in [3.05, 3.63) is 29.8 Å². The lowest BCUT2D eigenvalue weighted by Crippen LogP contribution is -2.33. The normalized spacial score (nSPS) is 14.0. The molecule has 4 nitrogen and oxygen atoms in total. The fourth-order valence-corrected chi connectivity index (χ4v) is 1.86. The molecule has 0 aromatic heterocycles. The Labute approximate surface area is 108 Å². The monoisotopic (exact) mass is 250 g/mol. The van der Waals surface area contributed by atoms with Gasteiger partial charge in [-0.15, -0.1) is 0 Å². The third-order valence-corrected chi connectivity index (χ3v) is 2.95. The van der Waals surface area contributed by atoms with Crippen molar-refractivity contribution in [3.8, 4) is 0 Å². The first-order chi connectivity index (χ1) is 8.40. The van der Waals surface area contributed by atoms with Gasteiger partial charge in [-0.2, -0.15) is 0 Å². The lowest BCUT2D eigenvalue weighted by molar-refractivity contribution is -0.131. The number of nitrogen functional groups attached to an aromatic ring is 1. The SMILES string of the molecule is CC(O)CN(C)C(=O)CC(C)c1ccc(N)cc1. The van der Waals surface area contributed by atoms with Gasteiger partial charge in [-0.3, -0.25) is 4.79 Å². The highest BCUT2D eigenvalue weighted by atomic mass is 16.3. The van der Waals surface area contributed by atoms with Gasteiger partial charge in [0.25, 0.3) is 0 Å². The summed E-state index contributed by atoms with van der Waals surface area (Å²) in [4.78, 5) is 13.5. The van der Waals surface area contributed by atoms with E-state index >= 15 is 0 Å². The molecular weight excluding hydrogens is 228 g/mol. The number of nitrogens with zero attached hydrogens (tertiary/aromatic N) is 1. The fraction of sp³-hybridized carbons (Fsp3) is 0.500. The quantitative estimate of drug-likeness (QED) is 0.780. The van der Waals surface area contributed by atoms with E-state index in [0.29, 0.717) is 13.0 Å². The topological polar surface area (TPSA) is 66.6 Å². The number of benzene rings is 1. The summed E-state index contributed by atoms with van der Waals surface area (Å²) in [7, 11) is 1.71. The number of carbonyl (C=O) groups is 1. The first kappa shape index (κ1) is 14.5. The number of anilines is 1. The third-order valence-electron chi connectivity index (χ3n) is 2.95. The summed E-state index contributed by atoms with van der Waals surface area (Å²) in [5.74, 6) is 0.190. The summed E-state index contributed by atoms with van der Waals surface area (Å²) < 4.78 is 0. The van der Waals surface area contributed by atoms with Crippen molar-refractivity contribution in [2.75, 3.05) is 19.3 Å². The molecule has 0 heterocycles. The predicted molar refractivity (Wildman–Crippen MR) is 73.2 cm³/mol. The molecule has 1 rings (SSSR count). The second-order valence-electron chi connectivity index (χ2n) is 4.90. The Morgan fingerprint density at radius 2 is 1.89 bits per heavy atom. The molecule has 3 N–H and O–H groups in total. The van der Waals surface area contributed by atoms with Crippen molar-refractivity contribution in [2.24, 2.45) is 0 Å². The van der Waals surface area contributed by atoms with Crippen molar-refractivity contribution >= 4 is 11.6 Å². The van der Waals surface area contributed by atoms with Crippen molar-refractivity contribution in [1.29, 1.82) is 0 Å². The lowest BCUT2D eigenvalue weighted by atomic mass is 9.97. The molecule has 0 saturated carbocycles. The Morgan fingerprint density at radius 3 is 2.39 bits per heavy atom. The van der Waals surface area contributed by atoms with E-state index < -0.39 is 6.10 Å².